The van der Waals surface area contributed by atoms with Gasteiger partial charge in [0.25, 0.3) is 5.72 Å². The van der Waals surface area contributed by atoms with Gasteiger partial charge in [0.1, 0.15) is 6.20 Å². The third kappa shape index (κ3) is 3.29. The van der Waals surface area contributed by atoms with E-state index >= 15 is 0 Å². The van der Waals surface area contributed by atoms with E-state index in [1.807, 2.05) is 60.2 Å². The van der Waals surface area contributed by atoms with Crippen LogP contribution in [0.5, 0.6) is 0 Å². The van der Waals surface area contributed by atoms with E-state index in [0.29, 0.717) is 23.1 Å². The van der Waals surface area contributed by atoms with Crippen LogP contribution < -0.4 is 9.47 Å². The number of aromatic nitrogens is 2. The molecule has 8 heteroatoms. The fourth-order valence-corrected chi connectivity index (χ4v) is 4.02. The summed E-state index contributed by atoms with van der Waals surface area (Å²) < 4.78 is 1.95. The maximum absolute atomic E-state index is 12.2. The molecule has 7 nitrogen and oxygen atoms in total. The largest absolute Gasteiger partial charge is 0.397 e. The number of aryl methyl sites for hydroxylation is 1. The first-order valence-corrected chi connectivity index (χ1v) is 9.63. The Bertz CT molecular complexity index is 1070. The monoisotopic (exact) mass is 407 g/mol. The number of rotatable bonds is 5. The molecule has 1 aromatic heterocycles. The Hall–Kier alpha value is -3.12. The lowest BCUT2D eigenvalue weighted by Crippen LogP contribution is -2.51. The zero-order valence-corrected chi connectivity index (χ0v) is 16.6. The van der Waals surface area contributed by atoms with E-state index in [1.165, 1.54) is 0 Å². The topological polar surface area (TPSA) is 89.0 Å². The van der Waals surface area contributed by atoms with Crippen molar-refractivity contribution in [3.63, 3.8) is 0 Å². The predicted molar refractivity (Wildman–Crippen MR) is 110 cm³/mol. The molecule has 0 aliphatic carbocycles. The van der Waals surface area contributed by atoms with E-state index in [1.54, 1.807) is 23.2 Å². The minimum atomic E-state index is -1.44. The zero-order chi connectivity index (χ0) is 20.4. The van der Waals surface area contributed by atoms with Crippen LogP contribution in [0.1, 0.15) is 22.7 Å². The van der Waals surface area contributed by atoms with Crippen molar-refractivity contribution >= 4 is 17.5 Å². The van der Waals surface area contributed by atoms with E-state index in [4.69, 9.17) is 17.1 Å². The Labute approximate surface area is 173 Å². The molecule has 2 unspecified atom stereocenters. The summed E-state index contributed by atoms with van der Waals surface area (Å²) in [7, 11) is 0. The Kier molecular flexibility index (Phi) is 5.11. The average molecular weight is 408 g/mol. The van der Waals surface area contributed by atoms with Crippen molar-refractivity contribution in [2.24, 2.45) is 5.11 Å². The van der Waals surface area contributed by atoms with Crippen LogP contribution in [0.15, 0.2) is 72.1 Å². The Balaban J connectivity index is 1.93. The molecule has 4 rings (SSSR count). The molecule has 1 aliphatic heterocycles. The summed E-state index contributed by atoms with van der Waals surface area (Å²) in [6, 6.07) is 16.6. The molecular weight excluding hydrogens is 388 g/mol. The Morgan fingerprint density at radius 1 is 1.24 bits per heavy atom. The summed E-state index contributed by atoms with van der Waals surface area (Å²) in [5, 5.41) is 16.5. The van der Waals surface area contributed by atoms with E-state index < -0.39 is 11.8 Å². The Morgan fingerprint density at radius 3 is 2.66 bits per heavy atom. The van der Waals surface area contributed by atoms with E-state index in [-0.39, 0.29) is 6.54 Å². The molecule has 3 aromatic rings. The van der Waals surface area contributed by atoms with Gasteiger partial charge in [-0.05, 0) is 30.2 Å². The summed E-state index contributed by atoms with van der Waals surface area (Å²) in [6.45, 7) is 2.53. The standard InChI is InChI=1S/C21H20ClN6O/c1-15-3-5-16(6-4-15)19-21(29,17-7-9-18(22)10-8-17)28(14-12-25-26-23)20-24-11-2-13-27(19)20/h2-11,13,19,29H,12,14H2,1H3/q+1. The van der Waals surface area contributed by atoms with Crippen molar-refractivity contribution in [1.82, 2.24) is 4.98 Å². The van der Waals surface area contributed by atoms with Crippen LogP contribution in [0.3, 0.4) is 0 Å². The van der Waals surface area contributed by atoms with Crippen molar-refractivity contribution in [2.75, 3.05) is 18.0 Å². The highest BCUT2D eigenvalue weighted by atomic mass is 35.5. The second-order valence-electron chi connectivity index (χ2n) is 6.98. The molecule has 146 valence electrons. The third-order valence-corrected chi connectivity index (χ3v) is 5.47. The van der Waals surface area contributed by atoms with E-state index in [2.05, 4.69) is 15.0 Å². The maximum Gasteiger partial charge on any atom is 0.397 e. The molecule has 0 amide bonds. The molecule has 29 heavy (non-hydrogen) atoms. The van der Waals surface area contributed by atoms with E-state index in [0.717, 1.165) is 11.1 Å². The number of halogens is 1. The first-order chi connectivity index (χ1) is 14.1. The summed E-state index contributed by atoms with van der Waals surface area (Å²) in [6.07, 6.45) is 3.59. The van der Waals surface area contributed by atoms with Gasteiger partial charge >= 0.3 is 5.95 Å². The van der Waals surface area contributed by atoms with Gasteiger partial charge in [-0.25, -0.2) is 9.47 Å². The highest BCUT2D eigenvalue weighted by Crippen LogP contribution is 2.44. The molecule has 1 N–H and O–H groups in total. The van der Waals surface area contributed by atoms with Crippen molar-refractivity contribution in [3.8, 4) is 0 Å². The van der Waals surface area contributed by atoms with Gasteiger partial charge in [0.05, 0.1) is 19.3 Å². The summed E-state index contributed by atoms with van der Waals surface area (Å²) in [5.74, 6) is 0.601. The predicted octanol–water partition coefficient (Wildman–Crippen LogP) is 3.90. The number of anilines is 1. The van der Waals surface area contributed by atoms with Gasteiger partial charge in [0.2, 0.25) is 0 Å². The normalized spacial score (nSPS) is 20.2. The van der Waals surface area contributed by atoms with E-state index in [9.17, 15) is 5.11 Å². The van der Waals surface area contributed by atoms with Crippen LogP contribution in [0.25, 0.3) is 10.4 Å². The lowest BCUT2D eigenvalue weighted by molar-refractivity contribution is -0.703. The van der Waals surface area contributed by atoms with Crippen LogP contribution >= 0.6 is 11.6 Å². The van der Waals surface area contributed by atoms with Crippen LogP contribution in [-0.4, -0.2) is 23.2 Å². The fraction of sp³-hybridized carbons (Fsp3) is 0.238. The number of fused-ring (bicyclic) bond motifs is 1. The van der Waals surface area contributed by atoms with Crippen molar-refractivity contribution in [1.29, 1.82) is 0 Å². The highest BCUT2D eigenvalue weighted by molar-refractivity contribution is 6.30. The summed E-state index contributed by atoms with van der Waals surface area (Å²) in [4.78, 5) is 9.15. The number of azide groups is 1. The molecule has 0 saturated carbocycles. The first kappa shape index (κ1) is 19.2. The molecule has 0 radical (unpaired) electrons. The van der Waals surface area contributed by atoms with Crippen molar-refractivity contribution in [2.45, 2.75) is 18.7 Å². The molecule has 0 saturated heterocycles. The minimum absolute atomic E-state index is 0.198. The molecular formula is C21H20ClN6O+. The molecule has 2 aromatic carbocycles. The number of aliphatic hydroxyl groups is 1. The van der Waals surface area contributed by atoms with Crippen LogP contribution in [0.2, 0.25) is 5.02 Å². The molecule has 2 atom stereocenters. The van der Waals surface area contributed by atoms with Gasteiger partial charge in [-0.15, -0.1) is 0 Å². The van der Waals surface area contributed by atoms with Crippen LogP contribution in [-0.2, 0) is 5.72 Å². The zero-order valence-electron chi connectivity index (χ0n) is 15.9. The maximum atomic E-state index is 12.2. The number of hydrogen-bond acceptors (Lipinski definition) is 4. The summed E-state index contributed by atoms with van der Waals surface area (Å²) in [5.41, 5.74) is 10.0. The van der Waals surface area contributed by atoms with Crippen LogP contribution in [0.4, 0.5) is 5.95 Å². The average Bonchev–Trinajstić information content (AvgIpc) is 2.98. The molecule has 0 spiro atoms. The molecule has 0 fully saturated rings. The van der Waals surface area contributed by atoms with Gasteiger partial charge < -0.3 is 5.11 Å². The smallest absolute Gasteiger partial charge is 0.352 e. The lowest BCUT2D eigenvalue weighted by Gasteiger charge is -2.33. The van der Waals surface area contributed by atoms with Gasteiger partial charge in [0.15, 0.2) is 6.04 Å². The lowest BCUT2D eigenvalue weighted by atomic mass is 9.89. The second-order valence-corrected chi connectivity index (χ2v) is 7.42. The Morgan fingerprint density at radius 2 is 1.97 bits per heavy atom. The third-order valence-electron chi connectivity index (χ3n) is 5.22. The van der Waals surface area contributed by atoms with Crippen molar-refractivity contribution < 1.29 is 9.67 Å². The van der Waals surface area contributed by atoms with Gasteiger partial charge in [-0.1, -0.05) is 63.7 Å². The molecule has 1 aliphatic rings. The first-order valence-electron chi connectivity index (χ1n) is 9.25. The second kappa shape index (κ2) is 7.72. The quantitative estimate of drug-likeness (QED) is 0.301. The number of benzene rings is 2. The number of hydrogen-bond donors (Lipinski definition) is 1. The van der Waals surface area contributed by atoms with Crippen molar-refractivity contribution in [3.05, 3.63) is 99.1 Å². The minimum Gasteiger partial charge on any atom is -0.352 e. The van der Waals surface area contributed by atoms with Gasteiger partial charge in [0, 0.05) is 21.6 Å². The fourth-order valence-electron chi connectivity index (χ4n) is 3.89. The summed E-state index contributed by atoms with van der Waals surface area (Å²) >= 11 is 6.09. The molecule has 0 bridgehead atoms. The highest BCUT2D eigenvalue weighted by Gasteiger charge is 2.59. The molecule has 2 heterocycles. The van der Waals surface area contributed by atoms with Gasteiger partial charge in [-0.2, -0.15) is 0 Å². The van der Waals surface area contributed by atoms with Crippen LogP contribution in [0, 0.1) is 6.92 Å². The SMILES string of the molecule is Cc1ccc(C2[n+]3cccnc3N(CCN=[N+]=[N-])C2(O)c2ccc(Cl)cc2)cc1. The van der Waals surface area contributed by atoms with Gasteiger partial charge in [-0.3, -0.25) is 0 Å². The number of nitrogens with zero attached hydrogens (tertiary/aromatic N) is 6.